The van der Waals surface area contributed by atoms with E-state index in [9.17, 15) is 0 Å². The second-order valence-electron chi connectivity index (χ2n) is 5.04. The summed E-state index contributed by atoms with van der Waals surface area (Å²) in [7, 11) is 0. The zero-order valence-electron chi connectivity index (χ0n) is 11.0. The van der Waals surface area contributed by atoms with Crippen LogP contribution in [0, 0.1) is 0 Å². The summed E-state index contributed by atoms with van der Waals surface area (Å²) in [5.74, 6) is 1.61. The van der Waals surface area contributed by atoms with Gasteiger partial charge in [0.05, 0.1) is 6.61 Å². The molecular formula is C16H14N2O2. The molecule has 0 N–H and O–H groups in total. The molecule has 1 saturated heterocycles. The Kier molecular flexibility index (Phi) is 2.74. The summed E-state index contributed by atoms with van der Waals surface area (Å²) in [5.41, 5.74) is 0.987. The lowest BCUT2D eigenvalue weighted by molar-refractivity contribution is 0.192. The summed E-state index contributed by atoms with van der Waals surface area (Å²) in [6.07, 6.45) is 0.967. The van der Waals surface area contributed by atoms with E-state index in [4.69, 9.17) is 9.26 Å². The minimum atomic E-state index is 0.266. The Balaban J connectivity index is 1.79. The summed E-state index contributed by atoms with van der Waals surface area (Å²) < 4.78 is 10.8. The van der Waals surface area contributed by atoms with Crippen LogP contribution in [-0.2, 0) is 4.74 Å². The molecule has 4 nitrogen and oxygen atoms in total. The monoisotopic (exact) mass is 266 g/mol. The summed E-state index contributed by atoms with van der Waals surface area (Å²) in [4.78, 5) is 4.55. The van der Waals surface area contributed by atoms with Crippen molar-refractivity contribution in [2.24, 2.45) is 0 Å². The van der Waals surface area contributed by atoms with E-state index >= 15 is 0 Å². The molecule has 0 saturated carbocycles. The van der Waals surface area contributed by atoms with Crippen molar-refractivity contribution in [2.45, 2.75) is 12.3 Å². The van der Waals surface area contributed by atoms with Gasteiger partial charge >= 0.3 is 0 Å². The molecule has 20 heavy (non-hydrogen) atoms. The number of nitrogens with zero attached hydrogens (tertiary/aromatic N) is 2. The van der Waals surface area contributed by atoms with Crippen molar-refractivity contribution in [2.75, 3.05) is 13.2 Å². The Morgan fingerprint density at radius 2 is 1.95 bits per heavy atom. The second kappa shape index (κ2) is 4.72. The highest BCUT2D eigenvalue weighted by molar-refractivity contribution is 5.94. The molecule has 3 aromatic rings. The summed E-state index contributed by atoms with van der Waals surface area (Å²) in [6.45, 7) is 1.47. The second-order valence-corrected chi connectivity index (χ2v) is 5.04. The third-order valence-corrected chi connectivity index (χ3v) is 3.76. The van der Waals surface area contributed by atoms with E-state index in [2.05, 4.69) is 28.3 Å². The lowest BCUT2D eigenvalue weighted by Gasteiger charge is -2.01. The van der Waals surface area contributed by atoms with E-state index in [0.29, 0.717) is 12.5 Å². The van der Waals surface area contributed by atoms with Gasteiger partial charge < -0.3 is 9.26 Å². The third-order valence-electron chi connectivity index (χ3n) is 3.76. The molecule has 0 bridgehead atoms. The lowest BCUT2D eigenvalue weighted by atomic mass is 10.0. The zero-order chi connectivity index (χ0) is 13.4. The van der Waals surface area contributed by atoms with E-state index < -0.39 is 0 Å². The van der Waals surface area contributed by atoms with E-state index in [1.807, 2.05) is 24.3 Å². The topological polar surface area (TPSA) is 48.2 Å². The number of hydrogen-bond acceptors (Lipinski definition) is 4. The maximum Gasteiger partial charge on any atom is 0.258 e. The fourth-order valence-corrected chi connectivity index (χ4v) is 2.66. The van der Waals surface area contributed by atoms with E-state index in [1.54, 1.807) is 0 Å². The highest BCUT2D eigenvalue weighted by atomic mass is 16.5. The van der Waals surface area contributed by atoms with Gasteiger partial charge in [0, 0.05) is 18.1 Å². The van der Waals surface area contributed by atoms with Gasteiger partial charge in [-0.1, -0.05) is 41.6 Å². The quantitative estimate of drug-likeness (QED) is 0.713. The normalized spacial score (nSPS) is 18.7. The molecule has 100 valence electrons. The molecule has 0 radical (unpaired) electrons. The van der Waals surface area contributed by atoms with Crippen molar-refractivity contribution in [1.29, 1.82) is 0 Å². The molecule has 2 aromatic carbocycles. The van der Waals surface area contributed by atoms with Crippen molar-refractivity contribution < 1.29 is 9.26 Å². The summed E-state index contributed by atoms with van der Waals surface area (Å²) in [6, 6.07) is 14.3. The first-order valence-electron chi connectivity index (χ1n) is 6.81. The number of aromatic nitrogens is 2. The molecule has 0 aliphatic carbocycles. The fraction of sp³-hybridized carbons (Fsp3) is 0.250. The number of hydrogen-bond donors (Lipinski definition) is 0. The van der Waals surface area contributed by atoms with Crippen LogP contribution < -0.4 is 0 Å². The Bertz CT molecular complexity index is 740. The largest absolute Gasteiger partial charge is 0.381 e. The molecule has 0 amide bonds. The molecule has 4 rings (SSSR count). The van der Waals surface area contributed by atoms with Crippen LogP contribution >= 0.6 is 0 Å². The number of rotatable bonds is 2. The van der Waals surface area contributed by atoms with Crippen LogP contribution in [0.2, 0.25) is 0 Å². The first-order chi connectivity index (χ1) is 9.92. The summed E-state index contributed by atoms with van der Waals surface area (Å²) >= 11 is 0. The van der Waals surface area contributed by atoms with Crippen molar-refractivity contribution in [3.63, 3.8) is 0 Å². The predicted octanol–water partition coefficient (Wildman–Crippen LogP) is 3.39. The molecule has 1 aliphatic heterocycles. The van der Waals surface area contributed by atoms with Crippen molar-refractivity contribution in [1.82, 2.24) is 10.1 Å². The molecule has 1 aliphatic rings. The Morgan fingerprint density at radius 3 is 2.85 bits per heavy atom. The van der Waals surface area contributed by atoms with Crippen LogP contribution in [0.1, 0.15) is 18.2 Å². The zero-order valence-corrected chi connectivity index (χ0v) is 11.0. The minimum absolute atomic E-state index is 0.266. The van der Waals surface area contributed by atoms with Gasteiger partial charge in [-0.15, -0.1) is 0 Å². The maximum atomic E-state index is 5.45. The molecule has 1 atom stereocenters. The molecule has 1 aromatic heterocycles. The van der Waals surface area contributed by atoms with Gasteiger partial charge in [-0.05, 0) is 23.3 Å². The van der Waals surface area contributed by atoms with Gasteiger partial charge in [0.15, 0.2) is 5.82 Å². The van der Waals surface area contributed by atoms with E-state index in [1.165, 1.54) is 5.39 Å². The van der Waals surface area contributed by atoms with Gasteiger partial charge in [0.1, 0.15) is 0 Å². The van der Waals surface area contributed by atoms with E-state index in [0.717, 1.165) is 29.8 Å². The molecule has 4 heteroatoms. The van der Waals surface area contributed by atoms with Gasteiger partial charge in [0.25, 0.3) is 5.89 Å². The Hall–Kier alpha value is -2.20. The lowest BCUT2D eigenvalue weighted by Crippen LogP contribution is -1.99. The SMILES string of the molecule is c1ccc2c(-c3nc([C@H]4CCOC4)no3)cccc2c1. The van der Waals surface area contributed by atoms with Gasteiger partial charge in [0.2, 0.25) is 0 Å². The van der Waals surface area contributed by atoms with Crippen LogP contribution in [-0.4, -0.2) is 23.4 Å². The fourth-order valence-electron chi connectivity index (χ4n) is 2.66. The Labute approximate surface area is 116 Å². The first-order valence-corrected chi connectivity index (χ1v) is 6.81. The van der Waals surface area contributed by atoms with Gasteiger partial charge in [-0.3, -0.25) is 0 Å². The Morgan fingerprint density at radius 1 is 1.05 bits per heavy atom. The maximum absolute atomic E-state index is 5.45. The first kappa shape index (κ1) is 11.6. The molecule has 2 heterocycles. The van der Waals surface area contributed by atoms with Gasteiger partial charge in [-0.2, -0.15) is 4.98 Å². The van der Waals surface area contributed by atoms with Crippen LogP contribution in [0.5, 0.6) is 0 Å². The number of ether oxygens (including phenoxy) is 1. The van der Waals surface area contributed by atoms with Crippen molar-refractivity contribution in [3.8, 4) is 11.5 Å². The van der Waals surface area contributed by atoms with Crippen LogP contribution in [0.25, 0.3) is 22.2 Å². The smallest absolute Gasteiger partial charge is 0.258 e. The average molecular weight is 266 g/mol. The molecular weight excluding hydrogens is 252 g/mol. The van der Waals surface area contributed by atoms with Gasteiger partial charge in [-0.25, -0.2) is 0 Å². The molecule has 0 spiro atoms. The molecule has 1 fully saturated rings. The number of fused-ring (bicyclic) bond motifs is 1. The third kappa shape index (κ3) is 1.89. The predicted molar refractivity (Wildman–Crippen MR) is 75.4 cm³/mol. The van der Waals surface area contributed by atoms with Crippen LogP contribution in [0.15, 0.2) is 47.0 Å². The number of benzene rings is 2. The highest BCUT2D eigenvalue weighted by Crippen LogP contribution is 2.29. The average Bonchev–Trinajstić information content (AvgIpc) is 3.17. The van der Waals surface area contributed by atoms with Crippen molar-refractivity contribution in [3.05, 3.63) is 48.3 Å². The van der Waals surface area contributed by atoms with Crippen molar-refractivity contribution >= 4 is 10.8 Å². The van der Waals surface area contributed by atoms with Crippen LogP contribution in [0.4, 0.5) is 0 Å². The molecule has 0 unspecified atom stereocenters. The highest BCUT2D eigenvalue weighted by Gasteiger charge is 2.23. The minimum Gasteiger partial charge on any atom is -0.381 e. The van der Waals surface area contributed by atoms with E-state index in [-0.39, 0.29) is 5.92 Å². The standard InChI is InChI=1S/C16H14N2O2/c1-2-6-13-11(4-1)5-3-7-14(13)16-17-15(18-20-16)12-8-9-19-10-12/h1-7,12H,8-10H2/t12-/m0/s1. The summed E-state index contributed by atoms with van der Waals surface area (Å²) in [5, 5.41) is 6.42. The van der Waals surface area contributed by atoms with Crippen LogP contribution in [0.3, 0.4) is 0 Å².